The molecule has 0 atom stereocenters. The highest BCUT2D eigenvalue weighted by molar-refractivity contribution is 6.29. The van der Waals surface area contributed by atoms with E-state index in [1.54, 1.807) is 0 Å². The summed E-state index contributed by atoms with van der Waals surface area (Å²) in [5.41, 5.74) is 12.1. The lowest BCUT2D eigenvalue weighted by atomic mass is 9.96. The summed E-state index contributed by atoms with van der Waals surface area (Å²) in [5, 5.41) is 10.1. The first-order valence-corrected chi connectivity index (χ1v) is 20.0. The smallest absolute Gasteiger partial charge is 0.235 e. The van der Waals surface area contributed by atoms with Crippen molar-refractivity contribution >= 4 is 87.2 Å². The lowest BCUT2D eigenvalue weighted by Crippen LogP contribution is -2.03. The Morgan fingerprint density at radius 3 is 1.75 bits per heavy atom. The Hall–Kier alpha value is -8.02. The maximum absolute atomic E-state index is 7.02. The van der Waals surface area contributed by atoms with E-state index >= 15 is 0 Å². The van der Waals surface area contributed by atoms with Gasteiger partial charge < -0.3 is 8.98 Å². The van der Waals surface area contributed by atoms with Crippen LogP contribution < -0.4 is 0 Å². The van der Waals surface area contributed by atoms with Crippen molar-refractivity contribution in [3.63, 3.8) is 0 Å². The average Bonchev–Trinajstić information content (AvgIpc) is 3.97. The van der Waals surface area contributed by atoms with Gasteiger partial charge >= 0.3 is 0 Å². The molecule has 0 unspecified atom stereocenters. The standard InChI is InChI=1S/C54H32N4O/c1-3-15-33(16-4-1)35-31-42-38-28-27-34-17-7-8-20-37(34)52(38)59-53(42)43(32-35)51-39-21-9-12-24-44(39)55-54(56-51)58-46-26-14-11-23-41(46)50-48(58)30-29-47-49(50)40-22-10-13-25-45(40)57(47)36-18-5-2-6-19-36/h1-32H. The molecule has 13 rings (SSSR count). The Balaban J connectivity index is 1.15. The van der Waals surface area contributed by atoms with E-state index in [0.717, 1.165) is 93.6 Å². The van der Waals surface area contributed by atoms with Crippen LogP contribution in [0.15, 0.2) is 199 Å². The monoisotopic (exact) mass is 752 g/mol. The number of hydrogen-bond acceptors (Lipinski definition) is 3. The van der Waals surface area contributed by atoms with Gasteiger partial charge in [-0.05, 0) is 77.2 Å². The highest BCUT2D eigenvalue weighted by atomic mass is 16.3. The van der Waals surface area contributed by atoms with Gasteiger partial charge in [0.1, 0.15) is 11.2 Å². The van der Waals surface area contributed by atoms with E-state index in [0.29, 0.717) is 5.95 Å². The summed E-state index contributed by atoms with van der Waals surface area (Å²) in [5.74, 6) is 0.607. The van der Waals surface area contributed by atoms with Crippen LogP contribution in [0.1, 0.15) is 0 Å². The van der Waals surface area contributed by atoms with Crippen LogP contribution in [-0.4, -0.2) is 19.1 Å². The van der Waals surface area contributed by atoms with Crippen molar-refractivity contribution in [1.82, 2.24) is 19.1 Å². The number of aromatic nitrogens is 4. The Labute approximate surface area is 337 Å². The molecular formula is C54H32N4O. The molecule has 0 bridgehead atoms. The van der Waals surface area contributed by atoms with Crippen LogP contribution in [0.5, 0.6) is 0 Å². The summed E-state index contributed by atoms with van der Waals surface area (Å²) < 4.78 is 11.6. The Kier molecular flexibility index (Phi) is 6.66. The van der Waals surface area contributed by atoms with Gasteiger partial charge in [0.2, 0.25) is 5.95 Å². The molecule has 5 heteroatoms. The zero-order chi connectivity index (χ0) is 38.6. The maximum atomic E-state index is 7.02. The molecule has 274 valence electrons. The summed E-state index contributed by atoms with van der Waals surface area (Å²) in [4.78, 5) is 11.0. The third kappa shape index (κ3) is 4.61. The van der Waals surface area contributed by atoms with Gasteiger partial charge in [-0.3, -0.25) is 4.57 Å². The van der Waals surface area contributed by atoms with E-state index < -0.39 is 0 Å². The van der Waals surface area contributed by atoms with Crippen molar-refractivity contribution in [3.05, 3.63) is 194 Å². The average molecular weight is 753 g/mol. The highest BCUT2D eigenvalue weighted by Crippen LogP contribution is 2.45. The van der Waals surface area contributed by atoms with Gasteiger partial charge in [-0.15, -0.1) is 0 Å². The molecule has 0 amide bonds. The van der Waals surface area contributed by atoms with Crippen molar-refractivity contribution in [2.24, 2.45) is 0 Å². The van der Waals surface area contributed by atoms with Gasteiger partial charge in [-0.1, -0.05) is 133 Å². The number of nitrogens with zero attached hydrogens (tertiary/aromatic N) is 4. The van der Waals surface area contributed by atoms with Crippen LogP contribution >= 0.6 is 0 Å². The predicted molar refractivity (Wildman–Crippen MR) is 244 cm³/mol. The minimum Gasteiger partial charge on any atom is -0.455 e. The van der Waals surface area contributed by atoms with Gasteiger partial charge in [0.25, 0.3) is 0 Å². The SMILES string of the molecule is c1ccc(-c2cc(-c3nc(-n4c5ccccc5c5c6c7ccccc7n(-c7ccccc7)c6ccc54)nc4ccccc34)c3oc4c5ccccc5ccc4c3c2)cc1. The van der Waals surface area contributed by atoms with Crippen molar-refractivity contribution in [1.29, 1.82) is 0 Å². The molecule has 0 aliphatic carbocycles. The van der Waals surface area contributed by atoms with Crippen molar-refractivity contribution in [2.45, 2.75) is 0 Å². The summed E-state index contributed by atoms with van der Waals surface area (Å²) in [6.45, 7) is 0. The molecule has 0 aliphatic rings. The molecule has 59 heavy (non-hydrogen) atoms. The van der Waals surface area contributed by atoms with Crippen molar-refractivity contribution in [3.8, 4) is 34.0 Å². The van der Waals surface area contributed by atoms with Crippen LogP contribution in [0.4, 0.5) is 0 Å². The summed E-state index contributed by atoms with van der Waals surface area (Å²) in [7, 11) is 0. The molecule has 0 saturated heterocycles. The lowest BCUT2D eigenvalue weighted by molar-refractivity contribution is 0.673. The molecule has 0 radical (unpaired) electrons. The second kappa shape index (κ2) is 12.2. The van der Waals surface area contributed by atoms with Gasteiger partial charge in [-0.25, -0.2) is 9.97 Å². The number of para-hydroxylation sites is 4. The minimum absolute atomic E-state index is 0.607. The number of hydrogen-bond donors (Lipinski definition) is 0. The van der Waals surface area contributed by atoms with Crippen LogP contribution in [0.3, 0.4) is 0 Å². The molecule has 9 aromatic carbocycles. The number of fused-ring (bicyclic) bond motifs is 13. The zero-order valence-electron chi connectivity index (χ0n) is 31.7. The second-order valence-corrected chi connectivity index (χ2v) is 15.3. The highest BCUT2D eigenvalue weighted by Gasteiger charge is 2.24. The van der Waals surface area contributed by atoms with E-state index in [2.05, 4.69) is 203 Å². The predicted octanol–water partition coefficient (Wildman–Crippen LogP) is 14.2. The van der Waals surface area contributed by atoms with E-state index in [4.69, 9.17) is 14.4 Å². The molecule has 4 aromatic heterocycles. The van der Waals surface area contributed by atoms with E-state index in [9.17, 15) is 0 Å². The first kappa shape index (κ1) is 32.1. The zero-order valence-corrected chi connectivity index (χ0v) is 31.7. The normalized spacial score (nSPS) is 12.1. The maximum Gasteiger partial charge on any atom is 0.235 e. The van der Waals surface area contributed by atoms with Crippen molar-refractivity contribution < 1.29 is 4.42 Å². The topological polar surface area (TPSA) is 48.8 Å². The van der Waals surface area contributed by atoms with Gasteiger partial charge in [0.15, 0.2) is 0 Å². The first-order chi connectivity index (χ1) is 29.3. The van der Waals surface area contributed by atoms with E-state index in [1.807, 2.05) is 0 Å². The van der Waals surface area contributed by atoms with Gasteiger partial charge in [-0.2, -0.15) is 0 Å². The molecule has 0 saturated carbocycles. The van der Waals surface area contributed by atoms with Crippen LogP contribution in [0.25, 0.3) is 121 Å². The number of furan rings is 1. The minimum atomic E-state index is 0.607. The third-order valence-corrected chi connectivity index (χ3v) is 12.1. The van der Waals surface area contributed by atoms with E-state index in [1.165, 1.54) is 21.7 Å². The molecular weight excluding hydrogens is 721 g/mol. The quantitative estimate of drug-likeness (QED) is 0.180. The van der Waals surface area contributed by atoms with Crippen LogP contribution in [-0.2, 0) is 0 Å². The van der Waals surface area contributed by atoms with Crippen molar-refractivity contribution in [2.75, 3.05) is 0 Å². The third-order valence-electron chi connectivity index (χ3n) is 12.1. The fourth-order valence-corrected chi connectivity index (χ4v) is 9.54. The van der Waals surface area contributed by atoms with Gasteiger partial charge in [0.05, 0.1) is 33.3 Å². The lowest BCUT2D eigenvalue weighted by Gasteiger charge is -2.13. The molecule has 0 N–H and O–H groups in total. The molecule has 13 aromatic rings. The van der Waals surface area contributed by atoms with Crippen LogP contribution in [0, 0.1) is 0 Å². The first-order valence-electron chi connectivity index (χ1n) is 20.0. The number of rotatable bonds is 4. The molecule has 0 aliphatic heterocycles. The fourth-order valence-electron chi connectivity index (χ4n) is 9.54. The Morgan fingerprint density at radius 2 is 0.983 bits per heavy atom. The molecule has 5 nitrogen and oxygen atoms in total. The summed E-state index contributed by atoms with van der Waals surface area (Å²) >= 11 is 0. The molecule has 0 fully saturated rings. The fraction of sp³-hybridized carbons (Fsp3) is 0. The van der Waals surface area contributed by atoms with Crippen LogP contribution in [0.2, 0.25) is 0 Å². The summed E-state index contributed by atoms with van der Waals surface area (Å²) in [6, 6.07) is 68.8. The largest absolute Gasteiger partial charge is 0.455 e. The summed E-state index contributed by atoms with van der Waals surface area (Å²) in [6.07, 6.45) is 0. The van der Waals surface area contributed by atoms with E-state index in [-0.39, 0.29) is 0 Å². The Bertz CT molecular complexity index is 3840. The Morgan fingerprint density at radius 1 is 0.373 bits per heavy atom. The van der Waals surface area contributed by atoms with Gasteiger partial charge in [0, 0.05) is 54.3 Å². The number of benzene rings is 9. The molecule has 0 spiro atoms. The molecule has 4 heterocycles. The second-order valence-electron chi connectivity index (χ2n) is 15.3.